The van der Waals surface area contributed by atoms with E-state index in [0.717, 1.165) is 46.5 Å². The van der Waals surface area contributed by atoms with Gasteiger partial charge >= 0.3 is 6.09 Å². The van der Waals surface area contributed by atoms with Crippen LogP contribution in [0.15, 0.2) is 24.3 Å². The Morgan fingerprint density at radius 3 is 2.64 bits per heavy atom. The van der Waals surface area contributed by atoms with Crippen LogP contribution < -0.4 is 10.6 Å². The Bertz CT molecular complexity index is 1410. The zero-order valence-electron chi connectivity index (χ0n) is 23.1. The fourth-order valence-electron chi connectivity index (χ4n) is 5.03. The minimum absolute atomic E-state index is 0.214. The number of ether oxygens (including phenoxy) is 1. The third kappa shape index (κ3) is 6.25. The Kier molecular flexibility index (Phi) is 7.39. The highest BCUT2D eigenvalue weighted by atomic mass is 32.1. The molecule has 0 aliphatic carbocycles. The van der Waals surface area contributed by atoms with Crippen LogP contribution in [-0.2, 0) is 17.7 Å². The number of nitrogens with zero attached hydrogens (tertiary/aromatic N) is 3. The maximum atomic E-state index is 13.3. The van der Waals surface area contributed by atoms with Gasteiger partial charge in [0.25, 0.3) is 11.8 Å². The number of hydrogen-bond donors (Lipinski definition) is 3. The van der Waals surface area contributed by atoms with E-state index in [9.17, 15) is 14.4 Å². The summed E-state index contributed by atoms with van der Waals surface area (Å²) in [6, 6.07) is 6.91. The number of nitrogens with one attached hydrogen (secondary N) is 3. The molecule has 1 aromatic carbocycles. The minimum atomic E-state index is -0.637. The molecule has 5 rings (SSSR count). The first-order valence-corrected chi connectivity index (χ1v) is 14.1. The monoisotopic (exact) mass is 552 g/mol. The van der Waals surface area contributed by atoms with Crippen molar-refractivity contribution < 1.29 is 19.1 Å². The normalized spacial score (nSPS) is 20.0. The molecule has 3 aromatic rings. The van der Waals surface area contributed by atoms with Crippen molar-refractivity contribution in [1.82, 2.24) is 30.4 Å². The average molecular weight is 553 g/mol. The van der Waals surface area contributed by atoms with Crippen LogP contribution in [0.5, 0.6) is 0 Å². The van der Waals surface area contributed by atoms with E-state index in [-0.39, 0.29) is 24.4 Å². The summed E-state index contributed by atoms with van der Waals surface area (Å²) >= 11 is 1.40. The topological polar surface area (TPSA) is 120 Å². The van der Waals surface area contributed by atoms with Crippen LogP contribution in [-0.4, -0.2) is 82.0 Å². The van der Waals surface area contributed by atoms with Crippen LogP contribution >= 0.6 is 11.3 Å². The number of aryl methyl sites for hydroxylation is 1. The van der Waals surface area contributed by atoms with Crippen molar-refractivity contribution >= 4 is 40.1 Å². The molecule has 0 saturated carbocycles. The van der Waals surface area contributed by atoms with Crippen LogP contribution in [0.1, 0.15) is 63.6 Å². The van der Waals surface area contributed by atoms with Crippen LogP contribution in [0.2, 0.25) is 0 Å². The van der Waals surface area contributed by atoms with Crippen molar-refractivity contribution in [2.45, 2.75) is 64.8 Å². The number of carbonyl (C=O) groups is 3. The molecule has 10 nitrogen and oxygen atoms in total. The van der Waals surface area contributed by atoms with E-state index in [4.69, 9.17) is 4.74 Å². The number of carbonyl (C=O) groups excluding carboxylic acids is 3. The summed E-state index contributed by atoms with van der Waals surface area (Å²) in [5, 5.41) is 7.52. The summed E-state index contributed by atoms with van der Waals surface area (Å²) < 4.78 is 5.58. The Morgan fingerprint density at radius 1 is 1.10 bits per heavy atom. The van der Waals surface area contributed by atoms with Crippen molar-refractivity contribution in [2.24, 2.45) is 0 Å². The number of hydrogen-bond acceptors (Lipinski definition) is 7. The highest BCUT2D eigenvalue weighted by molar-refractivity contribution is 7.13. The summed E-state index contributed by atoms with van der Waals surface area (Å²) in [6.45, 7) is 9.77. The second-order valence-corrected chi connectivity index (χ2v) is 12.6. The molecule has 11 heteroatoms. The highest BCUT2D eigenvalue weighted by Crippen LogP contribution is 2.25. The van der Waals surface area contributed by atoms with Gasteiger partial charge in [-0.05, 0) is 59.4 Å². The molecule has 4 heterocycles. The predicted molar refractivity (Wildman–Crippen MR) is 150 cm³/mol. The van der Waals surface area contributed by atoms with E-state index < -0.39 is 17.7 Å². The SMILES string of the molecule is Cc1ccc2[nH]c(C(=O)N[C@H]3CCN(C(=O)OC(C)(C)C)C[C@H]3NC(=O)c3nc4c(s3)CN(C)CC4)cc2c1. The smallest absolute Gasteiger partial charge is 0.410 e. The number of fused-ring (bicyclic) bond motifs is 2. The van der Waals surface area contributed by atoms with Crippen molar-refractivity contribution in [3.05, 3.63) is 51.1 Å². The van der Waals surface area contributed by atoms with Crippen LogP contribution in [0.25, 0.3) is 10.9 Å². The largest absolute Gasteiger partial charge is 0.444 e. The number of likely N-dealkylation sites (tertiary alicyclic amines) is 1. The molecule has 2 aliphatic heterocycles. The molecule has 0 spiro atoms. The number of piperidine rings is 1. The van der Waals surface area contributed by atoms with Gasteiger partial charge in [-0.1, -0.05) is 11.6 Å². The lowest BCUT2D eigenvalue weighted by Crippen LogP contribution is -2.61. The maximum Gasteiger partial charge on any atom is 0.410 e. The molecule has 0 unspecified atom stereocenters. The van der Waals surface area contributed by atoms with Crippen molar-refractivity contribution in [3.63, 3.8) is 0 Å². The quantitative estimate of drug-likeness (QED) is 0.456. The molecule has 1 fully saturated rings. The highest BCUT2D eigenvalue weighted by Gasteiger charge is 2.36. The molecule has 2 atom stereocenters. The average Bonchev–Trinajstić information content (AvgIpc) is 3.47. The number of thiazole rings is 1. The van der Waals surface area contributed by atoms with Gasteiger partial charge in [-0.2, -0.15) is 0 Å². The summed E-state index contributed by atoms with van der Waals surface area (Å²) in [4.78, 5) is 52.1. The van der Waals surface area contributed by atoms with Crippen molar-refractivity contribution in [2.75, 3.05) is 26.7 Å². The number of H-pyrrole nitrogens is 1. The lowest BCUT2D eigenvalue weighted by atomic mass is 9.99. The molecule has 39 heavy (non-hydrogen) atoms. The standard InChI is InChI=1S/C28H36N6O4S/c1-16-6-7-18-17(12-16)13-21(29-18)24(35)30-19-9-11-34(27(37)38-28(2,3)4)14-22(19)31-25(36)26-32-20-8-10-33(5)15-23(20)39-26/h6-7,12-13,19,22,29H,8-11,14-15H2,1-5H3,(H,30,35)(H,31,36)/t19-,22+/m0/s1. The number of aromatic amines is 1. The second kappa shape index (κ2) is 10.6. The number of likely N-dealkylation sites (N-methyl/N-ethyl adjacent to an activating group) is 1. The third-order valence-electron chi connectivity index (χ3n) is 7.03. The molecule has 3 N–H and O–H groups in total. The van der Waals surface area contributed by atoms with Crippen LogP contribution in [0.4, 0.5) is 4.79 Å². The lowest BCUT2D eigenvalue weighted by molar-refractivity contribution is 0.0161. The van der Waals surface area contributed by atoms with Gasteiger partial charge in [0, 0.05) is 48.4 Å². The van der Waals surface area contributed by atoms with E-state index in [1.54, 1.807) is 4.90 Å². The van der Waals surface area contributed by atoms with E-state index in [2.05, 4.69) is 32.5 Å². The molecule has 0 radical (unpaired) electrons. The number of rotatable bonds is 4. The van der Waals surface area contributed by atoms with E-state index in [0.29, 0.717) is 23.7 Å². The number of aromatic nitrogens is 2. The fraction of sp³-hybridized carbons (Fsp3) is 0.500. The predicted octanol–water partition coefficient (Wildman–Crippen LogP) is 3.46. The molecule has 2 aromatic heterocycles. The van der Waals surface area contributed by atoms with Gasteiger partial charge in [0.1, 0.15) is 11.3 Å². The summed E-state index contributed by atoms with van der Waals surface area (Å²) in [7, 11) is 2.05. The van der Waals surface area contributed by atoms with E-state index in [1.165, 1.54) is 11.3 Å². The lowest BCUT2D eigenvalue weighted by Gasteiger charge is -2.39. The zero-order chi connectivity index (χ0) is 27.9. The molecule has 208 valence electrons. The third-order valence-corrected chi connectivity index (χ3v) is 8.12. The van der Waals surface area contributed by atoms with Gasteiger partial charge in [0.05, 0.1) is 17.8 Å². The van der Waals surface area contributed by atoms with E-state index in [1.807, 2.05) is 52.0 Å². The van der Waals surface area contributed by atoms with Gasteiger partial charge < -0.3 is 30.2 Å². The summed E-state index contributed by atoms with van der Waals surface area (Å²) in [5.41, 5.74) is 2.78. The van der Waals surface area contributed by atoms with Crippen molar-refractivity contribution in [1.29, 1.82) is 0 Å². The van der Waals surface area contributed by atoms with Crippen LogP contribution in [0, 0.1) is 6.92 Å². The fourth-order valence-corrected chi connectivity index (χ4v) is 6.13. The van der Waals surface area contributed by atoms with Gasteiger partial charge in [-0.25, -0.2) is 9.78 Å². The molecular formula is C28H36N6O4S. The summed E-state index contributed by atoms with van der Waals surface area (Å²) in [6.07, 6.45) is 0.841. The Hall–Kier alpha value is -3.44. The van der Waals surface area contributed by atoms with Gasteiger partial charge in [0.15, 0.2) is 5.01 Å². The molecule has 0 bridgehead atoms. The van der Waals surface area contributed by atoms with Gasteiger partial charge in [0.2, 0.25) is 0 Å². The first-order valence-electron chi connectivity index (χ1n) is 13.3. The van der Waals surface area contributed by atoms with Crippen LogP contribution in [0.3, 0.4) is 0 Å². The van der Waals surface area contributed by atoms with Crippen molar-refractivity contribution in [3.8, 4) is 0 Å². The van der Waals surface area contributed by atoms with E-state index >= 15 is 0 Å². The first kappa shape index (κ1) is 27.1. The Labute approximate surface area is 232 Å². The zero-order valence-corrected chi connectivity index (χ0v) is 23.9. The molecule has 2 aliphatic rings. The molecule has 3 amide bonds. The number of amides is 3. The van der Waals surface area contributed by atoms with Gasteiger partial charge in [-0.3, -0.25) is 9.59 Å². The molecule has 1 saturated heterocycles. The molecular weight excluding hydrogens is 516 g/mol. The second-order valence-electron chi connectivity index (χ2n) is 11.5. The first-order chi connectivity index (χ1) is 18.4. The maximum absolute atomic E-state index is 13.3. The Morgan fingerprint density at radius 2 is 1.87 bits per heavy atom. The number of benzene rings is 1. The summed E-state index contributed by atoms with van der Waals surface area (Å²) in [5.74, 6) is -0.556. The Balaban J connectivity index is 1.33. The minimum Gasteiger partial charge on any atom is -0.444 e. The van der Waals surface area contributed by atoms with Gasteiger partial charge in [-0.15, -0.1) is 11.3 Å².